The van der Waals surface area contributed by atoms with Crippen LogP contribution in [0.1, 0.15) is 30.5 Å². The molecule has 0 aliphatic carbocycles. The molecule has 5 heterocycles. The summed E-state index contributed by atoms with van der Waals surface area (Å²) in [4.78, 5) is 4.81. The lowest BCUT2D eigenvalue weighted by molar-refractivity contribution is 0.520. The van der Waals surface area contributed by atoms with Gasteiger partial charge in [0.25, 0.3) is 0 Å². The van der Waals surface area contributed by atoms with Crippen molar-refractivity contribution in [3.63, 3.8) is 0 Å². The molecule has 1 aliphatic rings. The molecule has 0 saturated carbocycles. The number of hydrogen-bond acceptors (Lipinski definition) is 6. The van der Waals surface area contributed by atoms with Crippen LogP contribution < -0.4 is 5.32 Å². The Morgan fingerprint density at radius 2 is 2.00 bits per heavy atom. The van der Waals surface area contributed by atoms with Crippen LogP contribution in [0.2, 0.25) is 0 Å². The van der Waals surface area contributed by atoms with Gasteiger partial charge in [0.1, 0.15) is 11.1 Å². The molecule has 7 nitrogen and oxygen atoms in total. The highest BCUT2D eigenvalue weighted by Crippen LogP contribution is 2.36. The van der Waals surface area contributed by atoms with Gasteiger partial charge in [0.15, 0.2) is 5.82 Å². The molecule has 1 saturated heterocycles. The number of hydrogen-bond donors (Lipinski definition) is 1. The van der Waals surface area contributed by atoms with Gasteiger partial charge in [0.05, 0.1) is 23.5 Å². The van der Waals surface area contributed by atoms with Crippen LogP contribution in [-0.4, -0.2) is 37.5 Å². The minimum atomic E-state index is -0.406. The first-order valence-corrected chi connectivity index (χ1v) is 11.3. The summed E-state index contributed by atoms with van der Waals surface area (Å²) < 4.78 is 17.5. The second-order valence-corrected chi connectivity index (χ2v) is 8.56. The zero-order valence-corrected chi connectivity index (χ0v) is 18.9. The number of piperidine rings is 1. The quantitative estimate of drug-likeness (QED) is 0.500. The monoisotopic (exact) mass is 449 g/mol. The summed E-state index contributed by atoms with van der Waals surface area (Å²) >= 11 is 1.17. The van der Waals surface area contributed by atoms with Crippen molar-refractivity contribution in [3.05, 3.63) is 60.1 Å². The third-order valence-corrected chi connectivity index (χ3v) is 6.41. The molecule has 0 atom stereocenters. The molecule has 1 aliphatic heterocycles. The first kappa shape index (κ1) is 22.0. The number of halogens is 1. The Bertz CT molecular complexity index is 1260. The van der Waals surface area contributed by atoms with E-state index in [1.54, 1.807) is 27.7 Å². The van der Waals surface area contributed by atoms with Crippen molar-refractivity contribution < 1.29 is 4.39 Å². The minimum Gasteiger partial charge on any atom is -0.317 e. The van der Waals surface area contributed by atoms with Crippen LogP contribution in [0.15, 0.2) is 52.9 Å². The molecule has 0 spiro atoms. The largest absolute Gasteiger partial charge is 0.317 e. The molecule has 0 amide bonds. The van der Waals surface area contributed by atoms with E-state index < -0.39 is 5.82 Å². The van der Waals surface area contributed by atoms with E-state index in [2.05, 4.69) is 26.6 Å². The lowest BCUT2D eigenvalue weighted by atomic mass is 10.1. The van der Waals surface area contributed by atoms with Crippen LogP contribution in [0.25, 0.3) is 16.6 Å². The van der Waals surface area contributed by atoms with Gasteiger partial charge in [0, 0.05) is 41.2 Å². The highest BCUT2D eigenvalue weighted by molar-refractivity contribution is 7.99. The van der Waals surface area contributed by atoms with Crippen molar-refractivity contribution in [1.29, 1.82) is 5.26 Å². The van der Waals surface area contributed by atoms with Gasteiger partial charge < -0.3 is 5.32 Å². The van der Waals surface area contributed by atoms with E-state index in [0.29, 0.717) is 16.0 Å². The number of nitriles is 1. The molecule has 4 aromatic heterocycles. The summed E-state index contributed by atoms with van der Waals surface area (Å²) in [5.41, 5.74) is 3.89. The molecule has 0 radical (unpaired) electrons. The fourth-order valence-corrected chi connectivity index (χ4v) is 4.50. The number of nitrogens with one attached hydrogen (secondary N) is 1. The Hall–Kier alpha value is -3.22. The number of pyridine rings is 2. The van der Waals surface area contributed by atoms with Crippen molar-refractivity contribution in [3.8, 4) is 17.2 Å². The first-order chi connectivity index (χ1) is 15.6. The lowest BCUT2D eigenvalue weighted by Crippen LogP contribution is -2.21. The summed E-state index contributed by atoms with van der Waals surface area (Å²) in [7, 11) is 1.87. The summed E-state index contributed by atoms with van der Waals surface area (Å²) in [6, 6.07) is 6.97. The van der Waals surface area contributed by atoms with Gasteiger partial charge in [0.2, 0.25) is 0 Å². The van der Waals surface area contributed by atoms with E-state index in [4.69, 9.17) is 0 Å². The molecule has 5 rings (SSSR count). The maximum Gasteiger partial charge on any atom is 0.155 e. The fraction of sp³-hybridized carbons (Fsp3) is 0.304. The lowest BCUT2D eigenvalue weighted by Gasteiger charge is -2.09. The zero-order valence-electron chi connectivity index (χ0n) is 18.0. The van der Waals surface area contributed by atoms with Gasteiger partial charge in [-0.2, -0.15) is 15.5 Å². The topological polar surface area (TPSA) is 83.8 Å². The molecule has 4 aromatic rings. The first-order valence-electron chi connectivity index (χ1n) is 10.5. The van der Waals surface area contributed by atoms with E-state index in [9.17, 15) is 9.65 Å². The van der Waals surface area contributed by atoms with E-state index in [0.717, 1.165) is 16.8 Å². The Morgan fingerprint density at radius 3 is 2.59 bits per heavy atom. The van der Waals surface area contributed by atoms with E-state index in [1.165, 1.54) is 56.4 Å². The minimum absolute atomic E-state index is 0.250. The number of fused-ring (bicyclic) bond motifs is 1. The Morgan fingerprint density at radius 1 is 1.19 bits per heavy atom. The van der Waals surface area contributed by atoms with Gasteiger partial charge in [-0.25, -0.2) is 13.9 Å². The third kappa shape index (κ3) is 4.66. The molecule has 9 heteroatoms. The van der Waals surface area contributed by atoms with Crippen molar-refractivity contribution in [2.75, 3.05) is 13.1 Å². The smallest absolute Gasteiger partial charge is 0.155 e. The predicted molar refractivity (Wildman–Crippen MR) is 122 cm³/mol. The Balaban J connectivity index is 0.000000354. The van der Waals surface area contributed by atoms with Gasteiger partial charge in [-0.3, -0.25) is 4.68 Å². The maximum atomic E-state index is 14.1. The number of nitrogens with zero attached hydrogens (tertiary/aromatic N) is 6. The molecule has 1 fully saturated rings. The summed E-state index contributed by atoms with van der Waals surface area (Å²) in [6.07, 6.45) is 10.9. The molecule has 164 valence electrons. The number of aromatic nitrogens is 5. The van der Waals surface area contributed by atoms with Crippen molar-refractivity contribution in [2.45, 2.75) is 36.1 Å². The van der Waals surface area contributed by atoms with Crippen LogP contribution >= 0.6 is 11.8 Å². The van der Waals surface area contributed by atoms with Crippen LogP contribution in [0.3, 0.4) is 0 Å². The molecule has 32 heavy (non-hydrogen) atoms. The van der Waals surface area contributed by atoms with Crippen molar-refractivity contribution >= 4 is 17.3 Å². The predicted octanol–water partition coefficient (Wildman–Crippen LogP) is 4.36. The molecular weight excluding hydrogens is 425 g/mol. The maximum absolute atomic E-state index is 14.1. The second-order valence-electron chi connectivity index (χ2n) is 7.53. The Kier molecular flexibility index (Phi) is 6.83. The van der Waals surface area contributed by atoms with Crippen LogP contribution in [0.5, 0.6) is 0 Å². The highest BCUT2D eigenvalue weighted by Gasteiger charge is 2.17. The summed E-state index contributed by atoms with van der Waals surface area (Å²) in [6.45, 7) is 4.47. The standard InChI is InChI=1S/C18H13FN6S.C5H11N/c1-11-14(9-22-24(11)2)12-6-16(26-18-15(19)4-3-5-21-18)17-13(7-20)8-23-25(17)10-12;1-2-4-6-5-3-1/h3-6,8-10H,1-2H3;6H,1-5H2. The summed E-state index contributed by atoms with van der Waals surface area (Å²) in [5.74, 6) is -0.406. The molecule has 0 aromatic carbocycles. The SMILES string of the molecule is C1CCNCC1.Cc1c(-c2cc(Sc3ncccc3F)c3c(C#N)cnn3c2)cnn1C. The zero-order chi connectivity index (χ0) is 22.5. The molecule has 0 unspecified atom stereocenters. The average molecular weight is 450 g/mol. The average Bonchev–Trinajstić information content (AvgIpc) is 3.40. The number of aryl methyl sites for hydroxylation is 1. The van der Waals surface area contributed by atoms with Gasteiger partial charge in [-0.05, 0) is 51.1 Å². The third-order valence-electron chi connectivity index (χ3n) is 5.38. The van der Waals surface area contributed by atoms with Crippen molar-refractivity contribution in [2.24, 2.45) is 7.05 Å². The van der Waals surface area contributed by atoms with Gasteiger partial charge >= 0.3 is 0 Å². The van der Waals surface area contributed by atoms with Crippen molar-refractivity contribution in [1.82, 2.24) is 29.7 Å². The Labute approximate surface area is 190 Å². The molecule has 1 N–H and O–H groups in total. The number of rotatable bonds is 3. The molecular formula is C23H24FN7S. The normalized spacial score (nSPS) is 13.4. The van der Waals surface area contributed by atoms with Crippen LogP contribution in [0.4, 0.5) is 4.39 Å². The molecule has 0 bridgehead atoms. The van der Waals surface area contributed by atoms with E-state index in [1.807, 2.05) is 26.2 Å². The van der Waals surface area contributed by atoms with Crippen LogP contribution in [-0.2, 0) is 7.05 Å². The van der Waals surface area contributed by atoms with E-state index >= 15 is 0 Å². The van der Waals surface area contributed by atoms with E-state index in [-0.39, 0.29) is 5.03 Å². The van der Waals surface area contributed by atoms with Crippen LogP contribution in [0, 0.1) is 24.1 Å². The fourth-order valence-electron chi connectivity index (χ4n) is 3.53. The summed E-state index contributed by atoms with van der Waals surface area (Å²) in [5, 5.41) is 21.5. The highest BCUT2D eigenvalue weighted by atomic mass is 32.2. The van der Waals surface area contributed by atoms with Gasteiger partial charge in [-0.1, -0.05) is 18.2 Å². The van der Waals surface area contributed by atoms with Gasteiger partial charge in [-0.15, -0.1) is 0 Å². The second kappa shape index (κ2) is 9.94.